The van der Waals surface area contributed by atoms with Crippen molar-refractivity contribution in [2.24, 2.45) is 11.1 Å². The molecule has 2 aromatic carbocycles. The van der Waals surface area contributed by atoms with E-state index < -0.39 is 17.5 Å². The van der Waals surface area contributed by atoms with Crippen LogP contribution in [0, 0.1) is 5.92 Å². The van der Waals surface area contributed by atoms with Crippen molar-refractivity contribution >= 4 is 38.5 Å². The third-order valence-corrected chi connectivity index (χ3v) is 9.08. The highest BCUT2D eigenvalue weighted by molar-refractivity contribution is 9.10. The fourth-order valence-corrected chi connectivity index (χ4v) is 6.27. The van der Waals surface area contributed by atoms with Gasteiger partial charge in [0, 0.05) is 46.7 Å². The number of phenolic OH excluding ortho intramolecular Hbond substituents is 1. The van der Waals surface area contributed by atoms with Gasteiger partial charge in [-0.2, -0.15) is 13.2 Å². The molecule has 3 aromatic rings. The van der Waals surface area contributed by atoms with Crippen molar-refractivity contribution in [2.75, 3.05) is 32.8 Å². The molecule has 11 heteroatoms. The zero-order chi connectivity index (χ0) is 30.1. The van der Waals surface area contributed by atoms with Crippen molar-refractivity contribution in [2.45, 2.75) is 51.2 Å². The van der Waals surface area contributed by atoms with Gasteiger partial charge in [-0.25, -0.2) is 0 Å². The number of carbonyl (C=O) groups excluding carboxylic acids is 1. The van der Waals surface area contributed by atoms with Crippen LogP contribution in [-0.4, -0.2) is 69.8 Å². The molecule has 42 heavy (non-hydrogen) atoms. The molecular formula is C31H34BrF3N4O3. The molecule has 0 radical (unpaired) electrons. The zero-order valence-electron chi connectivity index (χ0n) is 23.6. The van der Waals surface area contributed by atoms with E-state index in [-0.39, 0.29) is 27.9 Å². The van der Waals surface area contributed by atoms with Crippen LogP contribution in [0.25, 0.3) is 10.9 Å². The van der Waals surface area contributed by atoms with Crippen LogP contribution in [-0.2, 0) is 11.0 Å². The molecule has 0 saturated carbocycles. The van der Waals surface area contributed by atoms with Crippen molar-refractivity contribution in [3.63, 3.8) is 0 Å². The van der Waals surface area contributed by atoms with E-state index in [1.165, 1.54) is 12.3 Å². The van der Waals surface area contributed by atoms with Crippen LogP contribution in [0.3, 0.4) is 0 Å². The Morgan fingerprint density at radius 2 is 1.76 bits per heavy atom. The standard InChI is InChI=1S/C31H34BrF3N4O3/c1-3-42-37-28(20-4-6-24(32)7-5-20)21-8-12-39(13-9-21)30(2)10-14-38(15-11-30)29(41)23-16-22-17-25(31(33,34)35)27(40)18-26(22)36-19-23/h4-7,16-19,21,40H,3,8-15H2,1-2H3/b37-28+. The third-order valence-electron chi connectivity index (χ3n) is 8.56. The van der Waals surface area contributed by atoms with Gasteiger partial charge in [0.15, 0.2) is 0 Å². The van der Waals surface area contributed by atoms with Crippen molar-refractivity contribution in [3.8, 4) is 5.75 Å². The lowest BCUT2D eigenvalue weighted by molar-refractivity contribution is -0.138. The predicted molar refractivity (Wildman–Crippen MR) is 159 cm³/mol. The van der Waals surface area contributed by atoms with E-state index in [1.54, 1.807) is 4.90 Å². The van der Waals surface area contributed by atoms with Gasteiger partial charge in [0.25, 0.3) is 5.91 Å². The highest BCUT2D eigenvalue weighted by atomic mass is 79.9. The van der Waals surface area contributed by atoms with E-state index >= 15 is 0 Å². The lowest BCUT2D eigenvalue weighted by Gasteiger charge is -2.49. The molecule has 5 rings (SSSR count). The Hall–Kier alpha value is -3.18. The number of rotatable bonds is 6. The molecule has 0 atom stereocenters. The normalized spacial score (nSPS) is 18.8. The summed E-state index contributed by atoms with van der Waals surface area (Å²) in [6, 6.07) is 11.4. The van der Waals surface area contributed by atoms with E-state index in [4.69, 9.17) is 4.84 Å². The van der Waals surface area contributed by atoms with Crippen LogP contribution in [0.1, 0.15) is 61.0 Å². The number of pyridine rings is 1. The number of halogens is 4. The summed E-state index contributed by atoms with van der Waals surface area (Å²) in [7, 11) is 0. The summed E-state index contributed by atoms with van der Waals surface area (Å²) in [4.78, 5) is 27.2. The number of aromatic nitrogens is 1. The number of benzene rings is 2. The molecule has 7 nitrogen and oxygen atoms in total. The average Bonchev–Trinajstić information content (AvgIpc) is 2.97. The minimum Gasteiger partial charge on any atom is -0.507 e. The summed E-state index contributed by atoms with van der Waals surface area (Å²) >= 11 is 3.50. The average molecular weight is 648 g/mol. The van der Waals surface area contributed by atoms with Crippen LogP contribution >= 0.6 is 15.9 Å². The fraction of sp³-hybridized carbons (Fsp3) is 0.452. The maximum atomic E-state index is 13.3. The molecule has 2 fully saturated rings. The number of likely N-dealkylation sites (tertiary alicyclic amines) is 2. The summed E-state index contributed by atoms with van der Waals surface area (Å²) in [5.74, 6) is -0.843. The molecule has 3 heterocycles. The van der Waals surface area contributed by atoms with Crippen molar-refractivity contribution in [3.05, 3.63) is 69.8 Å². The number of piperidine rings is 2. The number of carbonyl (C=O) groups is 1. The summed E-state index contributed by atoms with van der Waals surface area (Å²) < 4.78 is 40.9. The Kier molecular flexibility index (Phi) is 8.80. The smallest absolute Gasteiger partial charge is 0.419 e. The van der Waals surface area contributed by atoms with Crippen LogP contribution in [0.4, 0.5) is 13.2 Å². The number of alkyl halides is 3. The van der Waals surface area contributed by atoms with Gasteiger partial charge in [0.2, 0.25) is 0 Å². The van der Waals surface area contributed by atoms with Crippen LogP contribution < -0.4 is 0 Å². The molecule has 0 unspecified atom stereocenters. The number of hydrogen-bond acceptors (Lipinski definition) is 6. The molecule has 2 saturated heterocycles. The monoisotopic (exact) mass is 646 g/mol. The van der Waals surface area contributed by atoms with Gasteiger partial charge in [-0.15, -0.1) is 0 Å². The number of fused-ring (bicyclic) bond motifs is 1. The zero-order valence-corrected chi connectivity index (χ0v) is 25.2. The topological polar surface area (TPSA) is 78.3 Å². The maximum absolute atomic E-state index is 13.3. The van der Waals surface area contributed by atoms with E-state index in [9.17, 15) is 23.1 Å². The number of oxime groups is 1. The summed E-state index contributed by atoms with van der Waals surface area (Å²) in [6.45, 7) is 7.62. The molecule has 1 amide bonds. The van der Waals surface area contributed by atoms with Gasteiger partial charge >= 0.3 is 6.18 Å². The first-order valence-electron chi connectivity index (χ1n) is 14.2. The largest absolute Gasteiger partial charge is 0.507 e. The second kappa shape index (κ2) is 12.2. The number of nitrogens with zero attached hydrogens (tertiary/aromatic N) is 4. The minimum absolute atomic E-state index is 0.0582. The lowest BCUT2D eigenvalue weighted by Crippen LogP contribution is -2.56. The van der Waals surface area contributed by atoms with Crippen molar-refractivity contribution in [1.82, 2.24) is 14.8 Å². The van der Waals surface area contributed by atoms with Gasteiger partial charge in [0.1, 0.15) is 12.4 Å². The second-order valence-electron chi connectivity index (χ2n) is 11.2. The van der Waals surface area contributed by atoms with Crippen LogP contribution in [0.15, 0.2) is 58.3 Å². The molecule has 0 aliphatic carbocycles. The predicted octanol–water partition coefficient (Wildman–Crippen LogP) is 6.87. The molecule has 0 spiro atoms. The first-order chi connectivity index (χ1) is 20.0. The molecule has 1 aromatic heterocycles. The Labute approximate surface area is 251 Å². The fourth-order valence-electron chi connectivity index (χ4n) is 6.01. The third kappa shape index (κ3) is 6.41. The molecular weight excluding hydrogens is 613 g/mol. The van der Waals surface area contributed by atoms with Crippen molar-refractivity contribution in [1.29, 1.82) is 0 Å². The maximum Gasteiger partial charge on any atom is 0.419 e. The van der Waals surface area contributed by atoms with Crippen LogP contribution in [0.5, 0.6) is 5.75 Å². The van der Waals surface area contributed by atoms with Gasteiger partial charge < -0.3 is 14.8 Å². The SMILES string of the molecule is CCO/N=C(\c1ccc(Br)cc1)C1CCN(C2(C)CCN(C(=O)c3cnc4cc(O)c(C(F)(F)F)cc4c3)CC2)CC1. The van der Waals surface area contributed by atoms with E-state index in [1.807, 2.05) is 19.1 Å². The Bertz CT molecular complexity index is 1460. The molecule has 0 bridgehead atoms. The Morgan fingerprint density at radius 1 is 1.10 bits per heavy atom. The Morgan fingerprint density at radius 3 is 2.38 bits per heavy atom. The first kappa shape index (κ1) is 30.3. The van der Waals surface area contributed by atoms with Gasteiger partial charge in [-0.1, -0.05) is 33.2 Å². The summed E-state index contributed by atoms with van der Waals surface area (Å²) in [5, 5.41) is 14.4. The van der Waals surface area contributed by atoms with Crippen molar-refractivity contribution < 1.29 is 27.9 Å². The van der Waals surface area contributed by atoms with E-state index in [0.717, 1.165) is 66.7 Å². The highest BCUT2D eigenvalue weighted by Crippen LogP contribution is 2.38. The highest BCUT2D eigenvalue weighted by Gasteiger charge is 2.39. The van der Waals surface area contributed by atoms with Gasteiger partial charge in [-0.05, 0) is 82.4 Å². The summed E-state index contributed by atoms with van der Waals surface area (Å²) in [6.07, 6.45) is 0.159. The lowest BCUT2D eigenvalue weighted by atomic mass is 9.82. The molecule has 1 N–H and O–H groups in total. The van der Waals surface area contributed by atoms with E-state index in [0.29, 0.717) is 25.6 Å². The van der Waals surface area contributed by atoms with Gasteiger partial charge in [0.05, 0.1) is 22.4 Å². The number of hydrogen-bond donors (Lipinski definition) is 1. The molecule has 2 aliphatic heterocycles. The first-order valence-corrected chi connectivity index (χ1v) is 15.0. The molecule has 224 valence electrons. The summed E-state index contributed by atoms with van der Waals surface area (Å²) in [5.41, 5.74) is 1.28. The van der Waals surface area contributed by atoms with E-state index in [2.05, 4.69) is 50.0 Å². The number of phenols is 1. The van der Waals surface area contributed by atoms with Gasteiger partial charge in [-0.3, -0.25) is 14.7 Å². The van der Waals surface area contributed by atoms with Crippen LogP contribution in [0.2, 0.25) is 0 Å². The second-order valence-corrected chi connectivity index (χ2v) is 12.2. The minimum atomic E-state index is -4.71. The molecule has 2 aliphatic rings. The quantitative estimate of drug-likeness (QED) is 0.234. The Balaban J connectivity index is 1.22. The number of aromatic hydroxyl groups is 1. The number of amides is 1.